The first-order chi connectivity index (χ1) is 17.0. The van der Waals surface area contributed by atoms with Gasteiger partial charge in [0.25, 0.3) is 0 Å². The number of benzene rings is 3. The molecule has 2 heterocycles. The first kappa shape index (κ1) is 24.6. The van der Waals surface area contributed by atoms with Crippen LogP contribution in [0.5, 0.6) is 5.75 Å². The Morgan fingerprint density at radius 1 is 0.972 bits per heavy atom. The van der Waals surface area contributed by atoms with Crippen LogP contribution in [-0.2, 0) is 11.8 Å². The summed E-state index contributed by atoms with van der Waals surface area (Å²) >= 11 is 7.14. The van der Waals surface area contributed by atoms with Crippen molar-refractivity contribution in [2.75, 3.05) is 0 Å². The van der Waals surface area contributed by atoms with E-state index in [-0.39, 0.29) is 0 Å². The zero-order valence-electron chi connectivity index (χ0n) is 18.8. The van der Waals surface area contributed by atoms with Gasteiger partial charge in [-0.25, -0.2) is 9.37 Å². The maximum Gasteiger partial charge on any atom is 0.417 e. The fourth-order valence-corrected chi connectivity index (χ4v) is 5.45. The predicted octanol–water partition coefficient (Wildman–Crippen LogP) is 8.45. The normalized spacial score (nSPS) is 13.8. The summed E-state index contributed by atoms with van der Waals surface area (Å²) < 4.78 is 62.1. The quantitative estimate of drug-likeness (QED) is 0.171. The summed E-state index contributed by atoms with van der Waals surface area (Å²) in [6.45, 7) is 3.78. The second kappa shape index (κ2) is 8.79. The lowest BCUT2D eigenvalue weighted by molar-refractivity contribution is -0.138. The van der Waals surface area contributed by atoms with Gasteiger partial charge in [0.05, 0.1) is 22.5 Å². The van der Waals surface area contributed by atoms with Crippen LogP contribution in [0.2, 0.25) is 0 Å². The lowest BCUT2D eigenvalue weighted by Crippen LogP contribution is -2.29. The highest BCUT2D eigenvalue weighted by Crippen LogP contribution is 2.46. The first-order valence-corrected chi connectivity index (χ1v) is 12.3. The van der Waals surface area contributed by atoms with Gasteiger partial charge in [-0.3, -0.25) is 0 Å². The molecule has 0 radical (unpaired) electrons. The molecule has 0 aliphatic carbocycles. The molecule has 1 aromatic heterocycles. The molecule has 9 heteroatoms. The summed E-state index contributed by atoms with van der Waals surface area (Å²) in [5.41, 5.74) is 0.856. The highest BCUT2D eigenvalue weighted by atomic mass is 79.9. The fourth-order valence-electron chi connectivity index (χ4n) is 4.07. The van der Waals surface area contributed by atoms with Crippen molar-refractivity contribution in [3.63, 3.8) is 0 Å². The van der Waals surface area contributed by atoms with Crippen molar-refractivity contribution in [3.05, 3.63) is 91.7 Å². The fraction of sp³-hybridized carbons (Fsp3) is 0.148. The minimum absolute atomic E-state index is 0.383. The predicted molar refractivity (Wildman–Crippen MR) is 136 cm³/mol. The van der Waals surface area contributed by atoms with E-state index in [1.807, 2.05) is 32.0 Å². The summed E-state index contributed by atoms with van der Waals surface area (Å²) in [7, 11) is 0. The Bertz CT molecular complexity index is 1560. The number of alkyl halides is 3. The molecule has 0 saturated heterocycles. The zero-order chi connectivity index (χ0) is 25.8. The molecule has 36 heavy (non-hydrogen) atoms. The number of hydrogen-bond donors (Lipinski definition) is 1. The summed E-state index contributed by atoms with van der Waals surface area (Å²) in [6.07, 6.45) is -4.72. The number of aromatic nitrogens is 2. The van der Waals surface area contributed by atoms with Gasteiger partial charge in [-0.1, -0.05) is 24.0 Å². The van der Waals surface area contributed by atoms with E-state index in [0.717, 1.165) is 38.4 Å². The highest BCUT2D eigenvalue weighted by molar-refractivity contribution is 9.11. The average molecular weight is 620 g/mol. The highest BCUT2D eigenvalue weighted by Gasteiger charge is 2.37. The molecule has 0 saturated carbocycles. The lowest BCUT2D eigenvalue weighted by atomic mass is 9.94. The largest absolute Gasteiger partial charge is 0.481 e. The van der Waals surface area contributed by atoms with Gasteiger partial charge in [0.1, 0.15) is 23.0 Å². The van der Waals surface area contributed by atoms with Crippen LogP contribution in [0.4, 0.5) is 17.6 Å². The summed E-state index contributed by atoms with van der Waals surface area (Å²) in [4.78, 5) is 8.23. The van der Waals surface area contributed by atoms with Crippen molar-refractivity contribution < 1.29 is 22.3 Å². The second-order valence-electron chi connectivity index (χ2n) is 8.64. The van der Waals surface area contributed by atoms with Crippen LogP contribution < -0.4 is 4.74 Å². The van der Waals surface area contributed by atoms with Gasteiger partial charge in [-0.15, -0.1) is 0 Å². The third-order valence-electron chi connectivity index (χ3n) is 5.76. The maximum atomic E-state index is 14.2. The van der Waals surface area contributed by atoms with Crippen LogP contribution in [0.15, 0.2) is 63.5 Å². The van der Waals surface area contributed by atoms with Crippen molar-refractivity contribution >= 4 is 31.9 Å². The molecule has 4 aromatic rings. The van der Waals surface area contributed by atoms with E-state index in [1.54, 1.807) is 18.2 Å². The van der Waals surface area contributed by atoms with E-state index in [1.165, 1.54) is 0 Å². The monoisotopic (exact) mass is 618 g/mol. The van der Waals surface area contributed by atoms with E-state index >= 15 is 0 Å². The van der Waals surface area contributed by atoms with Gasteiger partial charge in [0.2, 0.25) is 0 Å². The average Bonchev–Trinajstić information content (AvgIpc) is 3.23. The molecule has 3 aromatic carbocycles. The van der Waals surface area contributed by atoms with Gasteiger partial charge >= 0.3 is 6.18 Å². The number of rotatable bonds is 1. The van der Waals surface area contributed by atoms with Crippen molar-refractivity contribution in [3.8, 4) is 40.2 Å². The number of H-pyrrole nitrogens is 1. The molecule has 182 valence electrons. The number of ether oxygens (including phenoxy) is 1. The molecule has 0 atom stereocenters. The molecule has 1 N–H and O–H groups in total. The van der Waals surface area contributed by atoms with Crippen molar-refractivity contribution in [2.45, 2.75) is 25.6 Å². The maximum absolute atomic E-state index is 14.2. The van der Waals surface area contributed by atoms with Crippen molar-refractivity contribution in [1.82, 2.24) is 9.97 Å². The van der Waals surface area contributed by atoms with Gasteiger partial charge < -0.3 is 9.72 Å². The topological polar surface area (TPSA) is 37.9 Å². The number of aromatic amines is 1. The minimum Gasteiger partial charge on any atom is -0.481 e. The molecule has 0 amide bonds. The Labute approximate surface area is 221 Å². The van der Waals surface area contributed by atoms with Gasteiger partial charge in [0.15, 0.2) is 0 Å². The molecular weight excluding hydrogens is 604 g/mol. The summed E-state index contributed by atoms with van der Waals surface area (Å²) in [6, 6.07) is 13.6. The van der Waals surface area contributed by atoms with Crippen LogP contribution in [-0.4, -0.2) is 9.97 Å². The van der Waals surface area contributed by atoms with E-state index < -0.39 is 28.7 Å². The molecule has 0 fully saturated rings. The minimum atomic E-state index is -4.72. The zero-order valence-corrected chi connectivity index (χ0v) is 22.0. The molecule has 0 spiro atoms. The van der Waals surface area contributed by atoms with Crippen LogP contribution in [0.25, 0.3) is 22.6 Å². The van der Waals surface area contributed by atoms with Crippen LogP contribution >= 0.6 is 31.9 Å². The third kappa shape index (κ3) is 4.33. The van der Waals surface area contributed by atoms with Gasteiger partial charge in [-0.2, -0.15) is 13.2 Å². The Balaban J connectivity index is 1.58. The Morgan fingerprint density at radius 2 is 1.67 bits per heavy atom. The molecule has 1 aliphatic heterocycles. The van der Waals surface area contributed by atoms with E-state index in [9.17, 15) is 17.6 Å². The van der Waals surface area contributed by atoms with Crippen molar-refractivity contribution in [1.29, 1.82) is 0 Å². The third-order valence-corrected chi connectivity index (χ3v) is 7.08. The summed E-state index contributed by atoms with van der Waals surface area (Å²) in [5.74, 6) is 5.10. The second-order valence-corrected chi connectivity index (χ2v) is 10.3. The first-order valence-electron chi connectivity index (χ1n) is 10.7. The molecule has 3 nitrogen and oxygen atoms in total. The standard InChI is InChI=1S/C27H16Br2F4N2O/c1-26(2)24-23(34-25(35-24)22-18(28)6-4-7-19(22)29)16-12-10-14(13-21(16)36-26)9-11-15-17(27(31,32)33)5-3-8-20(15)30/h3-8,10,12-13H,1-2H3,(H,34,35). The SMILES string of the molecule is CC1(C)Oc2cc(C#Cc3c(F)cccc3C(F)(F)F)ccc2-c2nc(-c3c(Br)cccc3Br)[nH]c21. The number of nitrogens with one attached hydrogen (secondary N) is 1. The molecule has 5 rings (SSSR count). The van der Waals surface area contributed by atoms with Gasteiger partial charge in [-0.05, 0) is 88.2 Å². The number of halogens is 6. The number of nitrogens with zero attached hydrogens (tertiary/aromatic N) is 1. The van der Waals surface area contributed by atoms with E-state index in [0.29, 0.717) is 28.4 Å². The smallest absolute Gasteiger partial charge is 0.417 e. The number of hydrogen-bond acceptors (Lipinski definition) is 2. The lowest BCUT2D eigenvalue weighted by Gasteiger charge is -2.31. The molecule has 0 bridgehead atoms. The van der Waals surface area contributed by atoms with Crippen molar-refractivity contribution in [2.24, 2.45) is 0 Å². The van der Waals surface area contributed by atoms with Crippen LogP contribution in [0.3, 0.4) is 0 Å². The van der Waals surface area contributed by atoms with E-state index in [4.69, 9.17) is 9.72 Å². The Kier molecular flexibility index (Phi) is 6.00. The molecule has 1 aliphatic rings. The molecular formula is C27H16Br2F4N2O. The summed E-state index contributed by atoms with van der Waals surface area (Å²) in [5, 5.41) is 0. The Hall–Kier alpha value is -3.09. The Morgan fingerprint density at radius 3 is 2.36 bits per heavy atom. The number of fused-ring (bicyclic) bond motifs is 3. The van der Waals surface area contributed by atoms with E-state index in [2.05, 4.69) is 48.7 Å². The van der Waals surface area contributed by atoms with Crippen LogP contribution in [0, 0.1) is 17.7 Å². The number of imidazole rings is 1. The molecule has 0 unspecified atom stereocenters. The van der Waals surface area contributed by atoms with Gasteiger partial charge in [0, 0.05) is 25.6 Å². The van der Waals surface area contributed by atoms with Crippen LogP contribution in [0.1, 0.15) is 36.2 Å².